The number of para-hydroxylation sites is 1. The van der Waals surface area contributed by atoms with Crippen molar-refractivity contribution in [1.82, 2.24) is 15.0 Å². The summed E-state index contributed by atoms with van der Waals surface area (Å²) in [5.41, 5.74) is 11.7. The van der Waals surface area contributed by atoms with Crippen LogP contribution in [0.5, 0.6) is 0 Å². The Labute approximate surface area is 327 Å². The summed E-state index contributed by atoms with van der Waals surface area (Å²) in [6.07, 6.45) is 0. The van der Waals surface area contributed by atoms with Gasteiger partial charge in [0.1, 0.15) is 11.2 Å². The molecule has 56 heavy (non-hydrogen) atoms. The fourth-order valence-corrected chi connectivity index (χ4v) is 9.02. The van der Waals surface area contributed by atoms with Crippen LogP contribution < -0.4 is 0 Å². The molecule has 0 fully saturated rings. The maximum absolute atomic E-state index is 6.16. The van der Waals surface area contributed by atoms with Crippen LogP contribution in [-0.2, 0) is 0 Å². The fourth-order valence-electron chi connectivity index (χ4n) is 7.85. The first-order valence-corrected chi connectivity index (χ1v) is 19.5. The van der Waals surface area contributed by atoms with Crippen LogP contribution >= 0.6 is 11.3 Å². The van der Waals surface area contributed by atoms with Crippen molar-refractivity contribution < 1.29 is 4.42 Å². The minimum atomic E-state index is 0.644. The number of benzene rings is 8. The number of fused-ring (bicyclic) bond motifs is 6. The monoisotopic (exact) mass is 733 g/mol. The van der Waals surface area contributed by atoms with Gasteiger partial charge in [-0.15, -0.1) is 11.3 Å². The average molecular weight is 734 g/mol. The van der Waals surface area contributed by atoms with Crippen LogP contribution in [0.2, 0.25) is 0 Å². The molecule has 0 saturated carbocycles. The standard InChI is InChI=1S/C51H31N3OS/c1-3-12-32(13-4-1)33-22-24-35(25-23-33)50-52-49(34-14-5-2-6-15-34)53-51(54-50)37-26-28-42-47(31-37)56-46-21-11-19-41(48(42)46)39-17-8-7-16-38(39)36-27-29-45-43(30-36)40-18-9-10-20-44(40)55-45/h1-31H. The summed E-state index contributed by atoms with van der Waals surface area (Å²) in [4.78, 5) is 15.1. The topological polar surface area (TPSA) is 51.8 Å². The maximum Gasteiger partial charge on any atom is 0.164 e. The lowest BCUT2D eigenvalue weighted by Crippen LogP contribution is -2.00. The smallest absolute Gasteiger partial charge is 0.164 e. The minimum absolute atomic E-state index is 0.644. The molecule has 0 saturated heterocycles. The van der Waals surface area contributed by atoms with Crippen molar-refractivity contribution in [2.24, 2.45) is 0 Å². The summed E-state index contributed by atoms with van der Waals surface area (Å²) >= 11 is 1.80. The third-order valence-electron chi connectivity index (χ3n) is 10.6. The fraction of sp³-hybridized carbons (Fsp3) is 0. The van der Waals surface area contributed by atoms with E-state index in [9.17, 15) is 0 Å². The molecule has 3 heterocycles. The summed E-state index contributed by atoms with van der Waals surface area (Å²) in [7, 11) is 0. The molecule has 0 unspecified atom stereocenters. The van der Waals surface area contributed by atoms with Crippen LogP contribution in [0.15, 0.2) is 192 Å². The van der Waals surface area contributed by atoms with Crippen molar-refractivity contribution in [2.45, 2.75) is 0 Å². The minimum Gasteiger partial charge on any atom is -0.456 e. The molecule has 262 valence electrons. The maximum atomic E-state index is 6.16. The highest BCUT2D eigenvalue weighted by Crippen LogP contribution is 2.44. The normalized spacial score (nSPS) is 11.6. The molecule has 8 aromatic carbocycles. The van der Waals surface area contributed by atoms with Crippen molar-refractivity contribution in [3.63, 3.8) is 0 Å². The second-order valence-electron chi connectivity index (χ2n) is 14.0. The van der Waals surface area contributed by atoms with Gasteiger partial charge >= 0.3 is 0 Å². The van der Waals surface area contributed by atoms with Gasteiger partial charge < -0.3 is 4.42 Å². The van der Waals surface area contributed by atoms with E-state index in [1.54, 1.807) is 11.3 Å². The molecule has 0 spiro atoms. The predicted molar refractivity (Wildman–Crippen MR) is 233 cm³/mol. The molecule has 0 amide bonds. The summed E-state index contributed by atoms with van der Waals surface area (Å²) in [6.45, 7) is 0. The zero-order valence-electron chi connectivity index (χ0n) is 30.1. The summed E-state index contributed by atoms with van der Waals surface area (Å²) in [5, 5.41) is 4.72. The van der Waals surface area contributed by atoms with Crippen molar-refractivity contribution in [1.29, 1.82) is 0 Å². The van der Waals surface area contributed by atoms with E-state index in [-0.39, 0.29) is 0 Å². The third-order valence-corrected chi connectivity index (χ3v) is 11.7. The Kier molecular flexibility index (Phi) is 7.64. The highest BCUT2D eigenvalue weighted by Gasteiger charge is 2.18. The van der Waals surface area contributed by atoms with E-state index in [2.05, 4.69) is 140 Å². The van der Waals surface area contributed by atoms with Crippen molar-refractivity contribution in [2.75, 3.05) is 0 Å². The van der Waals surface area contributed by atoms with Crippen molar-refractivity contribution in [3.8, 4) is 67.5 Å². The molecule has 0 bridgehead atoms. The van der Waals surface area contributed by atoms with Gasteiger partial charge in [0.2, 0.25) is 0 Å². The Morgan fingerprint density at radius 2 is 0.875 bits per heavy atom. The number of hydrogen-bond donors (Lipinski definition) is 0. The van der Waals surface area contributed by atoms with Gasteiger partial charge in [0, 0.05) is 47.6 Å². The van der Waals surface area contributed by atoms with E-state index >= 15 is 0 Å². The largest absolute Gasteiger partial charge is 0.456 e. The predicted octanol–water partition coefficient (Wildman–Crippen LogP) is 14.1. The number of nitrogens with zero attached hydrogens (tertiary/aromatic N) is 3. The lowest BCUT2D eigenvalue weighted by molar-refractivity contribution is 0.669. The van der Waals surface area contributed by atoms with Gasteiger partial charge in [0.25, 0.3) is 0 Å². The molecular formula is C51H31N3OS. The van der Waals surface area contributed by atoms with Crippen LogP contribution in [0.25, 0.3) is 110 Å². The molecule has 5 heteroatoms. The molecule has 3 aromatic heterocycles. The first-order chi connectivity index (χ1) is 27.7. The average Bonchev–Trinajstić information content (AvgIpc) is 3.85. The van der Waals surface area contributed by atoms with Crippen LogP contribution in [0.3, 0.4) is 0 Å². The lowest BCUT2D eigenvalue weighted by atomic mass is 9.91. The summed E-state index contributed by atoms with van der Waals surface area (Å²) in [5.74, 6) is 1.94. The van der Waals surface area contributed by atoms with Gasteiger partial charge in [-0.2, -0.15) is 0 Å². The zero-order chi connectivity index (χ0) is 37.0. The molecule has 0 aliphatic heterocycles. The summed E-state index contributed by atoms with van der Waals surface area (Å²) < 4.78 is 8.58. The zero-order valence-corrected chi connectivity index (χ0v) is 30.9. The van der Waals surface area contributed by atoms with Gasteiger partial charge in [-0.05, 0) is 63.7 Å². The number of hydrogen-bond acceptors (Lipinski definition) is 5. The molecule has 4 nitrogen and oxygen atoms in total. The van der Waals surface area contributed by atoms with Crippen LogP contribution in [0.4, 0.5) is 0 Å². The number of rotatable bonds is 6. The molecule has 0 aliphatic rings. The summed E-state index contributed by atoms with van der Waals surface area (Å²) in [6, 6.07) is 65.8. The molecule has 0 N–H and O–H groups in total. The van der Waals surface area contributed by atoms with Crippen LogP contribution in [0, 0.1) is 0 Å². The second kappa shape index (κ2) is 13.3. The van der Waals surface area contributed by atoms with Gasteiger partial charge in [-0.1, -0.05) is 158 Å². The van der Waals surface area contributed by atoms with Crippen molar-refractivity contribution >= 4 is 53.4 Å². The van der Waals surface area contributed by atoms with E-state index in [1.807, 2.05) is 48.5 Å². The molecular weight excluding hydrogens is 703 g/mol. The van der Waals surface area contributed by atoms with Crippen LogP contribution in [-0.4, -0.2) is 15.0 Å². The van der Waals surface area contributed by atoms with Gasteiger partial charge in [-0.25, -0.2) is 15.0 Å². The quantitative estimate of drug-likeness (QED) is 0.171. The number of thiophene rings is 1. The molecule has 0 atom stereocenters. The Hall–Kier alpha value is -7.21. The van der Waals surface area contributed by atoms with Gasteiger partial charge in [0.05, 0.1) is 0 Å². The van der Waals surface area contributed by atoms with Gasteiger partial charge in [0.15, 0.2) is 17.5 Å². The second-order valence-corrected chi connectivity index (χ2v) is 15.0. The molecule has 0 radical (unpaired) electrons. The van der Waals surface area contributed by atoms with E-state index in [1.165, 1.54) is 42.4 Å². The third kappa shape index (κ3) is 5.56. The van der Waals surface area contributed by atoms with Crippen molar-refractivity contribution in [3.05, 3.63) is 188 Å². The van der Waals surface area contributed by atoms with E-state index in [0.29, 0.717) is 17.5 Å². The number of aromatic nitrogens is 3. The Balaban J connectivity index is 1.02. The SMILES string of the molecule is c1ccc(-c2ccc(-c3nc(-c4ccccc4)nc(-c4ccc5c(c4)sc4cccc(-c6ccccc6-c6ccc7oc8ccccc8c7c6)c45)n3)cc2)cc1. The lowest BCUT2D eigenvalue weighted by Gasteiger charge is -2.12. The number of furan rings is 1. The highest BCUT2D eigenvalue weighted by atomic mass is 32.1. The van der Waals surface area contributed by atoms with Gasteiger partial charge in [-0.3, -0.25) is 0 Å². The first-order valence-electron chi connectivity index (χ1n) is 18.7. The van der Waals surface area contributed by atoms with E-state index < -0.39 is 0 Å². The Morgan fingerprint density at radius 1 is 0.321 bits per heavy atom. The van der Waals surface area contributed by atoms with E-state index in [4.69, 9.17) is 19.4 Å². The first kappa shape index (κ1) is 32.2. The molecule has 11 aromatic rings. The molecule has 0 aliphatic carbocycles. The highest BCUT2D eigenvalue weighted by molar-refractivity contribution is 7.26. The Morgan fingerprint density at radius 3 is 1.66 bits per heavy atom. The van der Waals surface area contributed by atoms with E-state index in [0.717, 1.165) is 49.8 Å². The molecule has 11 rings (SSSR count). The Bertz CT molecular complexity index is 3240. The van der Waals surface area contributed by atoms with Crippen LogP contribution in [0.1, 0.15) is 0 Å².